The van der Waals surface area contributed by atoms with Crippen molar-refractivity contribution in [3.63, 3.8) is 0 Å². The number of nitrogens with zero attached hydrogens (tertiary/aromatic N) is 1. The van der Waals surface area contributed by atoms with Gasteiger partial charge in [0.2, 0.25) is 0 Å². The fourth-order valence-corrected chi connectivity index (χ4v) is 4.86. The Morgan fingerprint density at radius 1 is 1.18 bits per heavy atom. The Labute approximate surface area is 201 Å². The monoisotopic (exact) mass is 463 g/mol. The molecule has 1 amide bonds. The highest BCUT2D eigenvalue weighted by Crippen LogP contribution is 2.41. The Kier molecular flexibility index (Phi) is 6.54. The van der Waals surface area contributed by atoms with E-state index in [4.69, 9.17) is 9.47 Å². The first kappa shape index (κ1) is 24.0. The summed E-state index contributed by atoms with van der Waals surface area (Å²) in [4.78, 5) is 28.1. The number of hydrogen-bond acceptors (Lipinski definition) is 5. The smallest absolute Gasteiger partial charge is 0.295 e. The molecule has 34 heavy (non-hydrogen) atoms. The maximum Gasteiger partial charge on any atom is 0.295 e. The van der Waals surface area contributed by atoms with E-state index in [-0.39, 0.29) is 22.9 Å². The number of rotatable bonds is 5. The summed E-state index contributed by atoms with van der Waals surface area (Å²) in [5, 5.41) is 11.4. The number of aliphatic hydroxyl groups is 1. The van der Waals surface area contributed by atoms with Gasteiger partial charge < -0.3 is 19.5 Å². The molecule has 4 rings (SSSR count). The molecule has 0 spiro atoms. The molecule has 1 N–H and O–H groups in total. The number of amides is 1. The second-order valence-electron chi connectivity index (χ2n) is 10.2. The second kappa shape index (κ2) is 9.26. The van der Waals surface area contributed by atoms with Gasteiger partial charge in [-0.1, -0.05) is 50.6 Å². The van der Waals surface area contributed by atoms with Crippen LogP contribution in [-0.2, 0) is 19.7 Å². The van der Waals surface area contributed by atoms with Crippen LogP contribution in [0.1, 0.15) is 61.9 Å². The van der Waals surface area contributed by atoms with Crippen molar-refractivity contribution in [2.75, 3.05) is 20.3 Å². The minimum atomic E-state index is -0.677. The van der Waals surface area contributed by atoms with Gasteiger partial charge in [0.15, 0.2) is 0 Å². The minimum Gasteiger partial charge on any atom is -0.507 e. The van der Waals surface area contributed by atoms with Gasteiger partial charge in [-0.15, -0.1) is 0 Å². The van der Waals surface area contributed by atoms with E-state index in [1.54, 1.807) is 24.1 Å². The average Bonchev–Trinajstić information content (AvgIpc) is 3.40. The normalized spacial score (nSPS) is 22.4. The summed E-state index contributed by atoms with van der Waals surface area (Å²) in [6.07, 6.45) is 1.67. The molecule has 2 aliphatic heterocycles. The minimum absolute atomic E-state index is 0.110. The number of aliphatic hydroxyl groups excluding tert-OH is 1. The molecule has 0 saturated carbocycles. The first-order valence-corrected chi connectivity index (χ1v) is 11.8. The number of Topliss-reactive ketones (excluding diaryl/α,β-unsaturated/α-hetero) is 1. The van der Waals surface area contributed by atoms with Crippen molar-refractivity contribution < 1.29 is 24.2 Å². The van der Waals surface area contributed by atoms with Crippen molar-refractivity contribution in [3.8, 4) is 5.75 Å². The van der Waals surface area contributed by atoms with Gasteiger partial charge in [0.25, 0.3) is 11.7 Å². The van der Waals surface area contributed by atoms with Crippen LogP contribution in [0.4, 0.5) is 0 Å². The SMILES string of the molecule is COc1ccc(/C(O)=C2/C(=O)C(=O)N(CC3CCCO3)C2c2cccc(C)c2)cc1C(C)(C)C. The number of methoxy groups -OCH3 is 1. The molecule has 2 heterocycles. The largest absolute Gasteiger partial charge is 0.507 e. The summed E-state index contributed by atoms with van der Waals surface area (Å²) in [5.74, 6) is -0.741. The van der Waals surface area contributed by atoms with Crippen LogP contribution >= 0.6 is 0 Å². The summed E-state index contributed by atoms with van der Waals surface area (Å²) < 4.78 is 11.3. The number of hydrogen-bond donors (Lipinski definition) is 1. The molecule has 0 bridgehead atoms. The van der Waals surface area contributed by atoms with E-state index in [0.29, 0.717) is 24.5 Å². The first-order chi connectivity index (χ1) is 16.1. The number of ether oxygens (including phenoxy) is 2. The van der Waals surface area contributed by atoms with Crippen LogP contribution in [0.5, 0.6) is 5.75 Å². The highest BCUT2D eigenvalue weighted by atomic mass is 16.5. The van der Waals surface area contributed by atoms with Crippen molar-refractivity contribution >= 4 is 17.4 Å². The molecular weight excluding hydrogens is 430 g/mol. The molecule has 2 unspecified atom stereocenters. The topological polar surface area (TPSA) is 76.1 Å². The van der Waals surface area contributed by atoms with Crippen LogP contribution < -0.4 is 4.74 Å². The molecule has 6 heteroatoms. The fraction of sp³-hybridized carbons (Fsp3) is 0.429. The Bertz CT molecular complexity index is 1140. The number of carbonyl (C=O) groups is 2. The van der Waals surface area contributed by atoms with Gasteiger partial charge in [-0.25, -0.2) is 0 Å². The molecular formula is C28H33NO5. The molecule has 2 aliphatic rings. The quantitative estimate of drug-likeness (QED) is 0.388. The number of ketones is 1. The van der Waals surface area contributed by atoms with E-state index in [2.05, 4.69) is 20.8 Å². The van der Waals surface area contributed by atoms with Crippen molar-refractivity contribution in [1.29, 1.82) is 0 Å². The lowest BCUT2D eigenvalue weighted by molar-refractivity contribution is -0.140. The van der Waals surface area contributed by atoms with Gasteiger partial charge >= 0.3 is 0 Å². The van der Waals surface area contributed by atoms with Gasteiger partial charge in [0, 0.05) is 24.3 Å². The van der Waals surface area contributed by atoms with Crippen LogP contribution in [0.3, 0.4) is 0 Å². The van der Waals surface area contributed by atoms with Crippen LogP contribution in [0.15, 0.2) is 48.0 Å². The van der Waals surface area contributed by atoms with Gasteiger partial charge in [-0.05, 0) is 48.9 Å². The van der Waals surface area contributed by atoms with E-state index in [1.165, 1.54) is 0 Å². The summed E-state index contributed by atoms with van der Waals surface area (Å²) >= 11 is 0. The summed E-state index contributed by atoms with van der Waals surface area (Å²) in [7, 11) is 1.61. The maximum absolute atomic E-state index is 13.3. The maximum atomic E-state index is 13.3. The third-order valence-electron chi connectivity index (χ3n) is 6.60. The van der Waals surface area contributed by atoms with Gasteiger partial charge in [0.05, 0.1) is 24.8 Å². The number of aryl methyl sites for hydroxylation is 1. The summed E-state index contributed by atoms with van der Waals surface area (Å²) in [6.45, 7) is 9.11. The highest BCUT2D eigenvalue weighted by molar-refractivity contribution is 6.46. The molecule has 2 aromatic rings. The molecule has 2 saturated heterocycles. The average molecular weight is 464 g/mol. The summed E-state index contributed by atoms with van der Waals surface area (Å²) in [6, 6.07) is 12.4. The van der Waals surface area contributed by atoms with E-state index in [9.17, 15) is 14.7 Å². The van der Waals surface area contributed by atoms with E-state index < -0.39 is 17.7 Å². The molecule has 0 aromatic heterocycles. The van der Waals surface area contributed by atoms with E-state index in [0.717, 1.165) is 29.5 Å². The van der Waals surface area contributed by atoms with Crippen molar-refractivity contribution in [2.24, 2.45) is 0 Å². The zero-order valence-corrected chi connectivity index (χ0v) is 20.6. The number of likely N-dealkylation sites (tertiary alicyclic amines) is 1. The predicted molar refractivity (Wildman–Crippen MR) is 131 cm³/mol. The van der Waals surface area contributed by atoms with Crippen molar-refractivity contribution in [2.45, 2.75) is 58.1 Å². The lowest BCUT2D eigenvalue weighted by Gasteiger charge is -2.28. The van der Waals surface area contributed by atoms with Gasteiger partial charge in [0.1, 0.15) is 11.5 Å². The predicted octanol–water partition coefficient (Wildman–Crippen LogP) is 4.90. The van der Waals surface area contributed by atoms with Gasteiger partial charge in [-0.2, -0.15) is 0 Å². The van der Waals surface area contributed by atoms with Crippen LogP contribution in [-0.4, -0.2) is 48.1 Å². The molecule has 0 aliphatic carbocycles. The number of benzene rings is 2. The Hall–Kier alpha value is -3.12. The zero-order valence-electron chi connectivity index (χ0n) is 20.6. The summed E-state index contributed by atoms with van der Waals surface area (Å²) in [5.41, 5.74) is 3.06. The first-order valence-electron chi connectivity index (χ1n) is 11.8. The fourth-order valence-electron chi connectivity index (χ4n) is 4.86. The molecule has 180 valence electrons. The van der Waals surface area contributed by atoms with E-state index >= 15 is 0 Å². The number of carbonyl (C=O) groups excluding carboxylic acids is 2. The van der Waals surface area contributed by atoms with Crippen molar-refractivity contribution in [1.82, 2.24) is 4.90 Å². The Balaban J connectivity index is 1.86. The van der Waals surface area contributed by atoms with Gasteiger partial charge in [-0.3, -0.25) is 9.59 Å². The Morgan fingerprint density at radius 3 is 2.56 bits per heavy atom. The standard InChI is InChI=1S/C28H33NO5/c1-17-8-6-9-18(14-17)24-23(26(31)27(32)29(24)16-20-10-7-13-34-20)25(30)19-11-12-22(33-5)21(15-19)28(2,3)4/h6,8-9,11-12,14-15,20,24,30H,7,10,13,16H2,1-5H3/b25-23-. The molecule has 2 aromatic carbocycles. The lowest BCUT2D eigenvalue weighted by atomic mass is 9.84. The Morgan fingerprint density at radius 2 is 1.94 bits per heavy atom. The van der Waals surface area contributed by atoms with Crippen molar-refractivity contribution in [3.05, 3.63) is 70.3 Å². The zero-order chi connectivity index (χ0) is 24.6. The lowest BCUT2D eigenvalue weighted by Crippen LogP contribution is -2.36. The van der Waals surface area contributed by atoms with Crippen LogP contribution in [0, 0.1) is 6.92 Å². The van der Waals surface area contributed by atoms with E-state index in [1.807, 2.05) is 37.3 Å². The molecule has 2 fully saturated rings. The highest BCUT2D eigenvalue weighted by Gasteiger charge is 2.47. The van der Waals surface area contributed by atoms with Crippen LogP contribution in [0.2, 0.25) is 0 Å². The third-order valence-corrected chi connectivity index (χ3v) is 6.60. The molecule has 2 atom stereocenters. The second-order valence-corrected chi connectivity index (χ2v) is 10.2. The molecule has 6 nitrogen and oxygen atoms in total. The van der Waals surface area contributed by atoms with Crippen LogP contribution in [0.25, 0.3) is 5.76 Å². The third kappa shape index (κ3) is 4.47. The molecule has 0 radical (unpaired) electrons.